The van der Waals surface area contributed by atoms with E-state index in [0.717, 1.165) is 17.0 Å². The molecule has 0 aliphatic heterocycles. The topological polar surface area (TPSA) is 55.0 Å². The highest BCUT2D eigenvalue weighted by atomic mass is 79.9. The second-order valence-corrected chi connectivity index (χ2v) is 5.29. The minimum atomic E-state index is -0.162. The van der Waals surface area contributed by atoms with Crippen molar-refractivity contribution in [3.05, 3.63) is 44.8 Å². The molecule has 19 heavy (non-hydrogen) atoms. The minimum absolute atomic E-state index is 0.162. The van der Waals surface area contributed by atoms with Gasteiger partial charge in [0.15, 0.2) is 0 Å². The molecule has 0 aliphatic carbocycles. The Kier molecular flexibility index (Phi) is 4.04. The highest BCUT2D eigenvalue weighted by Crippen LogP contribution is 2.23. The van der Waals surface area contributed by atoms with E-state index < -0.39 is 0 Å². The third-order valence-electron chi connectivity index (χ3n) is 2.80. The maximum absolute atomic E-state index is 11.9. The molecule has 0 saturated heterocycles. The van der Waals surface area contributed by atoms with E-state index in [2.05, 4.69) is 25.9 Å². The molecule has 4 nitrogen and oxygen atoms in total. The summed E-state index contributed by atoms with van der Waals surface area (Å²) in [5.74, 6) is 1.51. The van der Waals surface area contributed by atoms with Gasteiger partial charge in [0.2, 0.25) is 0 Å². The van der Waals surface area contributed by atoms with Gasteiger partial charge in [0.1, 0.15) is 16.0 Å². The van der Waals surface area contributed by atoms with E-state index in [1.165, 1.54) is 0 Å². The first kappa shape index (κ1) is 13.8. The monoisotopic (exact) mass is 322 g/mol. The predicted octanol–water partition coefficient (Wildman–Crippen LogP) is 3.33. The Balaban J connectivity index is 2.53. The van der Waals surface area contributed by atoms with E-state index in [4.69, 9.17) is 4.74 Å². The molecule has 1 aromatic carbocycles. The Morgan fingerprint density at radius 1 is 1.26 bits per heavy atom. The zero-order valence-corrected chi connectivity index (χ0v) is 12.6. The number of rotatable bonds is 3. The summed E-state index contributed by atoms with van der Waals surface area (Å²) in [6.45, 7) is 4.01. The average molecular weight is 323 g/mol. The summed E-state index contributed by atoms with van der Waals surface area (Å²) in [5, 5.41) is 0. The van der Waals surface area contributed by atoms with Crippen LogP contribution < -0.4 is 10.3 Å². The normalized spacial score (nSPS) is 10.8. The molecule has 0 amide bonds. The van der Waals surface area contributed by atoms with Crippen LogP contribution in [-0.4, -0.2) is 17.1 Å². The largest absolute Gasteiger partial charge is 0.497 e. The van der Waals surface area contributed by atoms with Gasteiger partial charge >= 0.3 is 0 Å². The molecule has 0 spiro atoms. The first-order valence-corrected chi connectivity index (χ1v) is 6.76. The van der Waals surface area contributed by atoms with Crippen molar-refractivity contribution in [1.82, 2.24) is 9.97 Å². The van der Waals surface area contributed by atoms with E-state index >= 15 is 0 Å². The summed E-state index contributed by atoms with van der Waals surface area (Å²) < 4.78 is 5.61. The first-order valence-electron chi connectivity index (χ1n) is 5.97. The van der Waals surface area contributed by atoms with Crippen LogP contribution in [0.3, 0.4) is 0 Å². The molecule has 2 aromatic rings. The van der Waals surface area contributed by atoms with Crippen molar-refractivity contribution >= 4 is 15.9 Å². The summed E-state index contributed by atoms with van der Waals surface area (Å²) in [4.78, 5) is 19.2. The van der Waals surface area contributed by atoms with Crippen molar-refractivity contribution in [3.63, 3.8) is 0 Å². The lowest BCUT2D eigenvalue weighted by molar-refractivity contribution is 0.415. The number of aromatic amines is 1. The number of H-pyrrole nitrogens is 1. The van der Waals surface area contributed by atoms with Crippen molar-refractivity contribution in [2.45, 2.75) is 19.8 Å². The van der Waals surface area contributed by atoms with Gasteiger partial charge in [-0.05, 0) is 46.1 Å². The predicted molar refractivity (Wildman–Crippen MR) is 78.6 cm³/mol. The van der Waals surface area contributed by atoms with Crippen LogP contribution in [0, 0.1) is 0 Å². The number of nitrogens with one attached hydrogen (secondary N) is 1. The van der Waals surface area contributed by atoms with Crippen LogP contribution in [0.15, 0.2) is 33.5 Å². The fraction of sp³-hybridized carbons (Fsp3) is 0.286. The van der Waals surface area contributed by atoms with Crippen LogP contribution in [-0.2, 0) is 0 Å². The van der Waals surface area contributed by atoms with Gasteiger partial charge in [-0.2, -0.15) is 0 Å². The number of aromatic nitrogens is 2. The minimum Gasteiger partial charge on any atom is -0.497 e. The van der Waals surface area contributed by atoms with E-state index in [9.17, 15) is 4.79 Å². The maximum Gasteiger partial charge on any atom is 0.265 e. The SMILES string of the molecule is COc1ccc(-c2nc(C(C)C)c(Br)c(=O)[nH]2)cc1. The first-order chi connectivity index (χ1) is 9.02. The van der Waals surface area contributed by atoms with E-state index in [-0.39, 0.29) is 11.5 Å². The molecule has 0 atom stereocenters. The summed E-state index contributed by atoms with van der Waals surface area (Å²) in [5.41, 5.74) is 1.45. The van der Waals surface area contributed by atoms with Gasteiger partial charge in [-0.25, -0.2) is 4.98 Å². The number of benzene rings is 1. The van der Waals surface area contributed by atoms with Crippen LogP contribution >= 0.6 is 15.9 Å². The number of halogens is 1. The van der Waals surface area contributed by atoms with Crippen molar-refractivity contribution in [2.75, 3.05) is 7.11 Å². The third kappa shape index (κ3) is 2.87. The summed E-state index contributed by atoms with van der Waals surface area (Å²) in [7, 11) is 1.62. The van der Waals surface area contributed by atoms with Gasteiger partial charge in [0, 0.05) is 5.56 Å². The van der Waals surface area contributed by atoms with Gasteiger partial charge in [-0.1, -0.05) is 13.8 Å². The lowest BCUT2D eigenvalue weighted by Gasteiger charge is -2.09. The Bertz CT molecular complexity index is 633. The van der Waals surface area contributed by atoms with E-state index in [1.807, 2.05) is 38.1 Å². The van der Waals surface area contributed by atoms with E-state index in [0.29, 0.717) is 10.3 Å². The highest BCUT2D eigenvalue weighted by Gasteiger charge is 2.13. The lowest BCUT2D eigenvalue weighted by Crippen LogP contribution is -2.14. The maximum atomic E-state index is 11.9. The van der Waals surface area contributed by atoms with Gasteiger partial charge in [-0.15, -0.1) is 0 Å². The zero-order valence-electron chi connectivity index (χ0n) is 11.0. The van der Waals surface area contributed by atoms with E-state index in [1.54, 1.807) is 7.11 Å². The van der Waals surface area contributed by atoms with Gasteiger partial charge in [0.05, 0.1) is 12.8 Å². The standard InChI is InChI=1S/C14H15BrN2O2/c1-8(2)12-11(15)14(18)17-13(16-12)9-4-6-10(19-3)7-5-9/h4-8H,1-3H3,(H,16,17,18). The molecule has 1 aromatic heterocycles. The molecule has 100 valence electrons. The quantitative estimate of drug-likeness (QED) is 0.943. The zero-order chi connectivity index (χ0) is 14.0. The lowest BCUT2D eigenvalue weighted by atomic mass is 10.1. The molecule has 2 rings (SSSR count). The van der Waals surface area contributed by atoms with Crippen LogP contribution in [0.1, 0.15) is 25.5 Å². The fourth-order valence-corrected chi connectivity index (χ4v) is 2.39. The molecule has 0 aliphatic rings. The molecule has 0 fully saturated rings. The Hall–Kier alpha value is -1.62. The van der Waals surface area contributed by atoms with Crippen LogP contribution in [0.2, 0.25) is 0 Å². The van der Waals surface area contributed by atoms with Gasteiger partial charge in [0.25, 0.3) is 5.56 Å². The Morgan fingerprint density at radius 3 is 2.42 bits per heavy atom. The number of nitrogens with zero attached hydrogens (tertiary/aromatic N) is 1. The summed E-state index contributed by atoms with van der Waals surface area (Å²) >= 11 is 3.28. The smallest absolute Gasteiger partial charge is 0.265 e. The van der Waals surface area contributed by atoms with Crippen molar-refractivity contribution in [2.24, 2.45) is 0 Å². The summed E-state index contributed by atoms with van der Waals surface area (Å²) in [6, 6.07) is 7.42. The molecular formula is C14H15BrN2O2. The Labute approximate surface area is 120 Å². The van der Waals surface area contributed by atoms with Crippen molar-refractivity contribution < 1.29 is 4.74 Å². The highest BCUT2D eigenvalue weighted by molar-refractivity contribution is 9.10. The Morgan fingerprint density at radius 2 is 1.89 bits per heavy atom. The molecule has 0 bridgehead atoms. The number of methoxy groups -OCH3 is 1. The third-order valence-corrected chi connectivity index (χ3v) is 3.57. The number of ether oxygens (including phenoxy) is 1. The number of hydrogen-bond donors (Lipinski definition) is 1. The molecule has 0 saturated carbocycles. The fourth-order valence-electron chi connectivity index (χ4n) is 1.74. The molecular weight excluding hydrogens is 308 g/mol. The van der Waals surface area contributed by atoms with Crippen molar-refractivity contribution in [3.8, 4) is 17.1 Å². The molecule has 0 unspecified atom stereocenters. The second kappa shape index (κ2) is 5.57. The van der Waals surface area contributed by atoms with Crippen LogP contribution in [0.25, 0.3) is 11.4 Å². The summed E-state index contributed by atoms with van der Waals surface area (Å²) in [6.07, 6.45) is 0. The van der Waals surface area contributed by atoms with Gasteiger partial charge < -0.3 is 9.72 Å². The van der Waals surface area contributed by atoms with Crippen LogP contribution in [0.4, 0.5) is 0 Å². The molecule has 1 N–H and O–H groups in total. The molecule has 5 heteroatoms. The average Bonchev–Trinajstić information content (AvgIpc) is 2.41. The van der Waals surface area contributed by atoms with Gasteiger partial charge in [-0.3, -0.25) is 4.79 Å². The number of hydrogen-bond acceptors (Lipinski definition) is 3. The molecule has 1 heterocycles. The molecule has 0 radical (unpaired) electrons. The van der Waals surface area contributed by atoms with Crippen LogP contribution in [0.5, 0.6) is 5.75 Å². The second-order valence-electron chi connectivity index (χ2n) is 4.50. The van der Waals surface area contributed by atoms with Crippen molar-refractivity contribution in [1.29, 1.82) is 0 Å².